The van der Waals surface area contributed by atoms with Crippen molar-refractivity contribution in [2.45, 2.75) is 12.2 Å². The predicted molar refractivity (Wildman–Crippen MR) is 144 cm³/mol. The van der Waals surface area contributed by atoms with E-state index in [1.54, 1.807) is 42.5 Å². The number of benzene rings is 4. The summed E-state index contributed by atoms with van der Waals surface area (Å²) in [5, 5.41) is 17.1. The zero-order valence-corrected chi connectivity index (χ0v) is 20.1. The van der Waals surface area contributed by atoms with Gasteiger partial charge >= 0.3 is 6.09 Å². The second-order valence-corrected chi connectivity index (χ2v) is 8.21. The molecule has 4 aromatic carbocycles. The van der Waals surface area contributed by atoms with Crippen LogP contribution < -0.4 is 16.4 Å². The number of rotatable bonds is 8. The van der Waals surface area contributed by atoms with E-state index < -0.39 is 24.2 Å². The van der Waals surface area contributed by atoms with E-state index in [-0.39, 0.29) is 5.75 Å². The first-order valence-electron chi connectivity index (χ1n) is 11.6. The smallest absolute Gasteiger partial charge is 0.412 e. The normalized spacial score (nSPS) is 12.7. The van der Waals surface area contributed by atoms with Crippen molar-refractivity contribution in [1.29, 1.82) is 0 Å². The largest absolute Gasteiger partial charge is 0.508 e. The molecule has 0 bridgehead atoms. The lowest BCUT2D eigenvalue weighted by Crippen LogP contribution is -2.27. The number of hydrogen-bond acceptors (Lipinski definition) is 6. The zero-order chi connectivity index (χ0) is 26.2. The first kappa shape index (κ1) is 25.3. The summed E-state index contributed by atoms with van der Waals surface area (Å²) < 4.78 is 11.4. The number of ether oxygens (including phenoxy) is 2. The molecule has 0 aromatic heterocycles. The quantitative estimate of drug-likeness (QED) is 0.185. The monoisotopic (exact) mass is 497 g/mol. The van der Waals surface area contributed by atoms with Gasteiger partial charge < -0.3 is 25.6 Å². The number of fused-ring (bicyclic) bond motifs is 1. The molecule has 0 fully saturated rings. The summed E-state index contributed by atoms with van der Waals surface area (Å²) >= 11 is 0. The average molecular weight is 498 g/mol. The van der Waals surface area contributed by atoms with Crippen LogP contribution in [0.25, 0.3) is 10.8 Å². The van der Waals surface area contributed by atoms with Gasteiger partial charge in [-0.3, -0.25) is 10.1 Å². The third-order valence-electron chi connectivity index (χ3n) is 5.71. The van der Waals surface area contributed by atoms with E-state index in [1.165, 1.54) is 31.4 Å². The maximum Gasteiger partial charge on any atom is 0.412 e. The molecule has 0 spiro atoms. The highest BCUT2D eigenvalue weighted by Crippen LogP contribution is 2.28. The van der Waals surface area contributed by atoms with Crippen molar-refractivity contribution < 1.29 is 24.2 Å². The van der Waals surface area contributed by atoms with Gasteiger partial charge in [0.05, 0.1) is 17.1 Å². The number of nitrogen functional groups attached to an aromatic ring is 1. The Morgan fingerprint density at radius 3 is 2.30 bits per heavy atom. The van der Waals surface area contributed by atoms with E-state index >= 15 is 0 Å². The Hall–Kier alpha value is -4.82. The van der Waals surface area contributed by atoms with Crippen LogP contribution in [0.5, 0.6) is 5.75 Å². The predicted octanol–water partition coefficient (Wildman–Crippen LogP) is 5.63. The molecule has 2 atom stereocenters. The molecule has 188 valence electrons. The van der Waals surface area contributed by atoms with Crippen molar-refractivity contribution in [2.75, 3.05) is 23.5 Å². The molecule has 0 saturated carbocycles. The standard InChI is InChI=1S/C29H27N3O5/c1-36-26(17-18-27(34)31-25-11-5-4-10-23(25)30)28(20-13-15-21(33)16-14-20)37-29(35)32-24-12-6-8-19-7-2-3-9-22(19)24/h2-18,26,28,33H,30H2,1H3,(H,31,34)(H,32,35)/b18-17+/t26-,28-/m1/s1. The summed E-state index contributed by atoms with van der Waals surface area (Å²) in [6.07, 6.45) is 0.344. The van der Waals surface area contributed by atoms with Gasteiger partial charge in [-0.25, -0.2) is 4.79 Å². The molecule has 0 unspecified atom stereocenters. The lowest BCUT2D eigenvalue weighted by Gasteiger charge is -2.24. The van der Waals surface area contributed by atoms with Crippen molar-refractivity contribution in [2.24, 2.45) is 0 Å². The second-order valence-electron chi connectivity index (χ2n) is 8.21. The van der Waals surface area contributed by atoms with Gasteiger partial charge in [0.1, 0.15) is 11.9 Å². The molecule has 8 heteroatoms. The Bertz CT molecular complexity index is 1410. The molecule has 4 aromatic rings. The minimum Gasteiger partial charge on any atom is -0.508 e. The van der Waals surface area contributed by atoms with Crippen molar-refractivity contribution in [3.05, 3.63) is 109 Å². The number of anilines is 3. The minimum atomic E-state index is -0.925. The molecular weight excluding hydrogens is 470 g/mol. The van der Waals surface area contributed by atoms with Gasteiger partial charge in [0.15, 0.2) is 6.10 Å². The summed E-state index contributed by atoms with van der Waals surface area (Å²) in [6.45, 7) is 0. The third kappa shape index (κ3) is 6.45. The van der Waals surface area contributed by atoms with Crippen LogP contribution in [0.1, 0.15) is 11.7 Å². The average Bonchev–Trinajstić information content (AvgIpc) is 2.90. The molecule has 5 N–H and O–H groups in total. The number of aromatic hydroxyl groups is 1. The van der Waals surface area contributed by atoms with Crippen molar-refractivity contribution in [3.8, 4) is 5.75 Å². The molecule has 37 heavy (non-hydrogen) atoms. The third-order valence-corrected chi connectivity index (χ3v) is 5.71. The van der Waals surface area contributed by atoms with Gasteiger partial charge in [-0.05, 0) is 47.4 Å². The molecule has 0 aliphatic carbocycles. The number of para-hydroxylation sites is 2. The fourth-order valence-corrected chi connectivity index (χ4v) is 3.85. The Kier molecular flexibility index (Phi) is 8.02. The summed E-state index contributed by atoms with van der Waals surface area (Å²) in [4.78, 5) is 25.5. The zero-order valence-electron chi connectivity index (χ0n) is 20.1. The number of amides is 2. The molecule has 2 amide bonds. The molecule has 0 aliphatic rings. The molecule has 0 radical (unpaired) electrons. The van der Waals surface area contributed by atoms with Crippen LogP contribution in [-0.2, 0) is 14.3 Å². The number of methoxy groups -OCH3 is 1. The fourth-order valence-electron chi connectivity index (χ4n) is 3.85. The summed E-state index contributed by atoms with van der Waals surface area (Å²) in [5.41, 5.74) is 7.96. The lowest BCUT2D eigenvalue weighted by atomic mass is 10.0. The maximum atomic E-state index is 13.0. The number of carbonyl (C=O) groups excluding carboxylic acids is 2. The lowest BCUT2D eigenvalue weighted by molar-refractivity contribution is -0.112. The van der Waals surface area contributed by atoms with Gasteiger partial charge in [-0.15, -0.1) is 0 Å². The van der Waals surface area contributed by atoms with Crippen molar-refractivity contribution >= 4 is 39.8 Å². The molecule has 0 heterocycles. The van der Waals surface area contributed by atoms with E-state index in [4.69, 9.17) is 15.2 Å². The molecule has 0 saturated heterocycles. The van der Waals surface area contributed by atoms with Gasteiger partial charge in [0.2, 0.25) is 5.91 Å². The number of nitrogens with two attached hydrogens (primary N) is 1. The molecule has 8 nitrogen and oxygen atoms in total. The molecule has 4 rings (SSSR count). The van der Waals surface area contributed by atoms with E-state index in [0.29, 0.717) is 22.6 Å². The van der Waals surface area contributed by atoms with Gasteiger partial charge in [-0.1, -0.05) is 60.7 Å². The van der Waals surface area contributed by atoms with Crippen molar-refractivity contribution in [3.63, 3.8) is 0 Å². The van der Waals surface area contributed by atoms with Crippen LogP contribution in [-0.4, -0.2) is 30.3 Å². The second kappa shape index (κ2) is 11.7. The number of phenolic OH excluding ortho intramolecular Hbond substituents is 1. The van der Waals surface area contributed by atoms with Gasteiger partial charge in [-0.2, -0.15) is 0 Å². The summed E-state index contributed by atoms with van der Waals surface area (Å²) in [6, 6.07) is 26.3. The number of hydrogen-bond donors (Lipinski definition) is 4. The molecule has 0 aliphatic heterocycles. The molecular formula is C29H27N3O5. The SMILES string of the molecule is CO[C@H](/C=C/C(=O)Nc1ccccc1N)[C@H](OC(=O)Nc1cccc2ccccc12)c1ccc(O)cc1. The minimum absolute atomic E-state index is 0.0621. The Morgan fingerprint density at radius 2 is 1.54 bits per heavy atom. The van der Waals surface area contributed by atoms with E-state index in [9.17, 15) is 14.7 Å². The van der Waals surface area contributed by atoms with Crippen molar-refractivity contribution in [1.82, 2.24) is 0 Å². The highest BCUT2D eigenvalue weighted by Gasteiger charge is 2.26. The van der Waals surface area contributed by atoms with Crippen LogP contribution in [0.4, 0.5) is 21.9 Å². The number of phenols is 1. The van der Waals surface area contributed by atoms with Crippen LogP contribution in [0.2, 0.25) is 0 Å². The van der Waals surface area contributed by atoms with Crippen LogP contribution in [0.15, 0.2) is 103 Å². The fraction of sp³-hybridized carbons (Fsp3) is 0.103. The maximum absolute atomic E-state index is 13.0. The Labute approximate surface area is 214 Å². The highest BCUT2D eigenvalue weighted by molar-refractivity contribution is 6.01. The van der Waals surface area contributed by atoms with Gasteiger partial charge in [0.25, 0.3) is 0 Å². The highest BCUT2D eigenvalue weighted by atomic mass is 16.6. The summed E-state index contributed by atoms with van der Waals surface area (Å²) in [5.74, 6) is -0.364. The van der Waals surface area contributed by atoms with Crippen LogP contribution >= 0.6 is 0 Å². The van der Waals surface area contributed by atoms with E-state index in [2.05, 4.69) is 10.6 Å². The first-order chi connectivity index (χ1) is 17.9. The first-order valence-corrected chi connectivity index (χ1v) is 11.6. The Morgan fingerprint density at radius 1 is 0.865 bits per heavy atom. The topological polar surface area (TPSA) is 123 Å². The Balaban J connectivity index is 1.54. The van der Waals surface area contributed by atoms with Crippen LogP contribution in [0.3, 0.4) is 0 Å². The van der Waals surface area contributed by atoms with E-state index in [0.717, 1.165) is 10.8 Å². The van der Waals surface area contributed by atoms with E-state index in [1.807, 2.05) is 36.4 Å². The number of nitrogens with one attached hydrogen (secondary N) is 2. The summed E-state index contributed by atoms with van der Waals surface area (Å²) in [7, 11) is 1.45. The van der Waals surface area contributed by atoms with Gasteiger partial charge in [0, 0.05) is 18.6 Å². The van der Waals surface area contributed by atoms with Crippen LogP contribution in [0, 0.1) is 0 Å². The number of carbonyl (C=O) groups is 2.